The summed E-state index contributed by atoms with van der Waals surface area (Å²) in [7, 11) is 0. The van der Waals surface area contributed by atoms with Crippen LogP contribution in [-0.2, 0) is 18.7 Å². The van der Waals surface area contributed by atoms with Gasteiger partial charge in [-0.2, -0.15) is 0 Å². The van der Waals surface area contributed by atoms with Gasteiger partial charge in [-0.1, -0.05) is 42.8 Å². The highest BCUT2D eigenvalue weighted by atomic mass is 35.5. The van der Waals surface area contributed by atoms with Crippen molar-refractivity contribution in [3.63, 3.8) is 0 Å². The van der Waals surface area contributed by atoms with E-state index >= 15 is 0 Å². The van der Waals surface area contributed by atoms with E-state index in [1.54, 1.807) is 6.20 Å². The van der Waals surface area contributed by atoms with Gasteiger partial charge in [0.15, 0.2) is 0 Å². The molecular formula is C14H14Cl2N2. The molecule has 1 aromatic heterocycles. The number of aromatic nitrogens is 2. The minimum absolute atomic E-state index is 0.519. The van der Waals surface area contributed by atoms with Crippen LogP contribution < -0.4 is 0 Å². The quantitative estimate of drug-likeness (QED) is 0.791. The molecule has 94 valence electrons. The molecule has 2 nitrogen and oxygen atoms in total. The van der Waals surface area contributed by atoms with Gasteiger partial charge in [-0.25, -0.2) is 9.97 Å². The van der Waals surface area contributed by atoms with Crippen LogP contribution in [-0.4, -0.2) is 9.97 Å². The fourth-order valence-corrected chi connectivity index (χ4v) is 2.08. The van der Waals surface area contributed by atoms with Gasteiger partial charge in [0.25, 0.3) is 0 Å². The number of alkyl halides is 1. The molecule has 0 N–H and O–H groups in total. The lowest BCUT2D eigenvalue weighted by molar-refractivity contribution is 0.897. The largest absolute Gasteiger partial charge is 0.240 e. The number of benzene rings is 1. The molecule has 4 heteroatoms. The van der Waals surface area contributed by atoms with Crippen molar-refractivity contribution in [2.24, 2.45) is 0 Å². The van der Waals surface area contributed by atoms with Gasteiger partial charge in [0.1, 0.15) is 5.82 Å². The van der Waals surface area contributed by atoms with E-state index in [-0.39, 0.29) is 0 Å². The molecular weight excluding hydrogens is 267 g/mol. The summed E-state index contributed by atoms with van der Waals surface area (Å²) in [6.45, 7) is 2.03. The Morgan fingerprint density at radius 1 is 1.22 bits per heavy atom. The molecule has 0 saturated carbocycles. The molecule has 0 spiro atoms. The summed E-state index contributed by atoms with van der Waals surface area (Å²) in [6, 6.07) is 8.15. The molecule has 2 rings (SSSR count). The zero-order chi connectivity index (χ0) is 13.0. The first-order chi connectivity index (χ1) is 8.72. The van der Waals surface area contributed by atoms with Crippen LogP contribution >= 0.6 is 23.2 Å². The van der Waals surface area contributed by atoms with Crippen molar-refractivity contribution in [3.05, 3.63) is 58.1 Å². The lowest BCUT2D eigenvalue weighted by Crippen LogP contribution is -2.00. The summed E-state index contributed by atoms with van der Waals surface area (Å²) in [5.41, 5.74) is 3.14. The lowest BCUT2D eigenvalue weighted by atomic mass is 10.1. The predicted molar refractivity (Wildman–Crippen MR) is 75.2 cm³/mol. The molecule has 0 aliphatic carbocycles. The molecule has 0 fully saturated rings. The maximum absolute atomic E-state index is 6.13. The summed E-state index contributed by atoms with van der Waals surface area (Å²) in [4.78, 5) is 8.63. The van der Waals surface area contributed by atoms with Gasteiger partial charge in [0.05, 0.1) is 10.7 Å². The van der Waals surface area contributed by atoms with E-state index in [4.69, 9.17) is 23.2 Å². The third kappa shape index (κ3) is 3.21. The monoisotopic (exact) mass is 280 g/mol. The Hall–Kier alpha value is -1.12. The van der Waals surface area contributed by atoms with Gasteiger partial charge in [0.2, 0.25) is 0 Å². The molecule has 0 saturated heterocycles. The third-order valence-corrected chi connectivity index (χ3v) is 3.32. The fourth-order valence-electron chi connectivity index (χ4n) is 1.75. The number of aryl methyl sites for hydroxylation is 1. The zero-order valence-corrected chi connectivity index (χ0v) is 11.7. The van der Waals surface area contributed by atoms with Gasteiger partial charge in [0, 0.05) is 24.9 Å². The molecule has 1 heterocycles. The van der Waals surface area contributed by atoms with E-state index in [1.165, 1.54) is 0 Å². The second-order valence-electron chi connectivity index (χ2n) is 4.06. The Morgan fingerprint density at radius 2 is 2.00 bits per heavy atom. The Kier molecular flexibility index (Phi) is 4.56. The van der Waals surface area contributed by atoms with Crippen LogP contribution in [0.5, 0.6) is 0 Å². The maximum Gasteiger partial charge on any atom is 0.128 e. The minimum Gasteiger partial charge on any atom is -0.240 e. The number of nitrogens with zero attached hydrogens (tertiary/aromatic N) is 2. The maximum atomic E-state index is 6.13. The van der Waals surface area contributed by atoms with Crippen LogP contribution in [0, 0.1) is 0 Å². The average Bonchev–Trinajstić information content (AvgIpc) is 2.41. The van der Waals surface area contributed by atoms with Crippen LogP contribution in [0.3, 0.4) is 0 Å². The molecule has 0 aliphatic rings. The van der Waals surface area contributed by atoms with Gasteiger partial charge in [-0.15, -0.1) is 11.6 Å². The molecule has 0 radical (unpaired) electrons. The Balaban J connectivity index is 2.27. The minimum atomic E-state index is 0.519. The molecule has 2 aromatic rings. The van der Waals surface area contributed by atoms with Gasteiger partial charge >= 0.3 is 0 Å². The summed E-state index contributed by atoms with van der Waals surface area (Å²) in [5.74, 6) is 1.34. The van der Waals surface area contributed by atoms with Crippen LogP contribution in [0.1, 0.15) is 29.6 Å². The second kappa shape index (κ2) is 6.17. The average molecular weight is 281 g/mol. The fraction of sp³-hybridized carbons (Fsp3) is 0.286. The van der Waals surface area contributed by atoms with E-state index in [0.717, 1.165) is 29.1 Å². The van der Waals surface area contributed by atoms with Crippen molar-refractivity contribution in [2.75, 3.05) is 0 Å². The topological polar surface area (TPSA) is 25.8 Å². The summed E-state index contributed by atoms with van der Waals surface area (Å²) in [6.07, 6.45) is 3.19. The highest BCUT2D eigenvalue weighted by Gasteiger charge is 2.06. The number of hydrogen-bond donors (Lipinski definition) is 0. The Labute approximate surface area is 117 Å². The molecule has 1 aromatic carbocycles. The van der Waals surface area contributed by atoms with Crippen LogP contribution in [0.2, 0.25) is 5.02 Å². The van der Waals surface area contributed by atoms with Crippen LogP contribution in [0.4, 0.5) is 0 Å². The SMILES string of the molecule is CCc1ncc(Cl)c(Cc2cccc(CCl)c2)n1. The van der Waals surface area contributed by atoms with Crippen LogP contribution in [0.15, 0.2) is 30.5 Å². The summed E-state index contributed by atoms with van der Waals surface area (Å²) < 4.78 is 0. The highest BCUT2D eigenvalue weighted by molar-refractivity contribution is 6.31. The standard InChI is InChI=1S/C14H14Cl2N2/c1-2-14-17-9-12(16)13(18-14)7-10-4-3-5-11(6-10)8-15/h3-6,9H,2,7-8H2,1H3. The number of rotatable bonds is 4. The molecule has 0 unspecified atom stereocenters. The molecule has 0 aliphatic heterocycles. The van der Waals surface area contributed by atoms with Gasteiger partial charge in [-0.3, -0.25) is 0 Å². The van der Waals surface area contributed by atoms with E-state index in [9.17, 15) is 0 Å². The zero-order valence-electron chi connectivity index (χ0n) is 10.2. The number of hydrogen-bond acceptors (Lipinski definition) is 2. The molecule has 0 amide bonds. The second-order valence-corrected chi connectivity index (χ2v) is 4.74. The Morgan fingerprint density at radius 3 is 2.72 bits per heavy atom. The Bertz CT molecular complexity index is 541. The predicted octanol–water partition coefficient (Wildman–Crippen LogP) is 4.02. The number of halogens is 2. The van der Waals surface area contributed by atoms with Crippen molar-refractivity contribution in [3.8, 4) is 0 Å². The van der Waals surface area contributed by atoms with E-state index in [2.05, 4.69) is 22.1 Å². The summed E-state index contributed by atoms with van der Waals surface area (Å²) >= 11 is 12.0. The first-order valence-electron chi connectivity index (χ1n) is 5.87. The van der Waals surface area contributed by atoms with Crippen molar-refractivity contribution in [1.29, 1.82) is 0 Å². The van der Waals surface area contributed by atoms with E-state index < -0.39 is 0 Å². The van der Waals surface area contributed by atoms with E-state index in [0.29, 0.717) is 17.3 Å². The smallest absolute Gasteiger partial charge is 0.128 e. The third-order valence-electron chi connectivity index (χ3n) is 2.70. The summed E-state index contributed by atoms with van der Waals surface area (Å²) in [5, 5.41) is 0.614. The van der Waals surface area contributed by atoms with Crippen LogP contribution in [0.25, 0.3) is 0 Å². The molecule has 0 bridgehead atoms. The molecule has 0 atom stereocenters. The van der Waals surface area contributed by atoms with Gasteiger partial charge < -0.3 is 0 Å². The van der Waals surface area contributed by atoms with Crippen molar-refractivity contribution >= 4 is 23.2 Å². The lowest BCUT2D eigenvalue weighted by Gasteiger charge is -2.06. The normalized spacial score (nSPS) is 10.6. The van der Waals surface area contributed by atoms with Crippen molar-refractivity contribution in [1.82, 2.24) is 9.97 Å². The first kappa shape index (κ1) is 13.3. The van der Waals surface area contributed by atoms with Crippen molar-refractivity contribution in [2.45, 2.75) is 25.6 Å². The molecule has 18 heavy (non-hydrogen) atoms. The van der Waals surface area contributed by atoms with E-state index in [1.807, 2.05) is 19.1 Å². The van der Waals surface area contributed by atoms with Gasteiger partial charge in [-0.05, 0) is 11.1 Å². The van der Waals surface area contributed by atoms with Crippen molar-refractivity contribution < 1.29 is 0 Å². The first-order valence-corrected chi connectivity index (χ1v) is 6.78. The highest BCUT2D eigenvalue weighted by Crippen LogP contribution is 2.18.